The van der Waals surface area contributed by atoms with E-state index in [-0.39, 0.29) is 5.91 Å². The van der Waals surface area contributed by atoms with Crippen molar-refractivity contribution < 1.29 is 13.6 Å². The summed E-state index contributed by atoms with van der Waals surface area (Å²) in [7, 11) is 1.89. The molecule has 1 aliphatic rings. The first kappa shape index (κ1) is 14.9. The summed E-state index contributed by atoms with van der Waals surface area (Å²) < 4.78 is 26.2. The fraction of sp³-hybridized carbons (Fsp3) is 0.533. The SMILES string of the molecule is CN(CCN1CCCCC1=O)Cc1cc(F)cc(F)c1. The van der Waals surface area contributed by atoms with Crippen molar-refractivity contribution in [2.75, 3.05) is 26.7 Å². The number of piperidine rings is 1. The van der Waals surface area contributed by atoms with E-state index in [2.05, 4.69) is 0 Å². The summed E-state index contributed by atoms with van der Waals surface area (Å²) >= 11 is 0. The molecule has 0 atom stereocenters. The molecule has 1 aromatic rings. The zero-order valence-electron chi connectivity index (χ0n) is 11.7. The van der Waals surface area contributed by atoms with Crippen molar-refractivity contribution in [3.8, 4) is 0 Å². The second-order valence-electron chi connectivity index (χ2n) is 5.35. The van der Waals surface area contributed by atoms with E-state index in [0.29, 0.717) is 31.6 Å². The van der Waals surface area contributed by atoms with Crippen LogP contribution in [0.25, 0.3) is 0 Å². The fourth-order valence-electron chi connectivity index (χ4n) is 2.48. The van der Waals surface area contributed by atoms with Gasteiger partial charge >= 0.3 is 0 Å². The number of hydrogen-bond donors (Lipinski definition) is 0. The maximum Gasteiger partial charge on any atom is 0.222 e. The summed E-state index contributed by atoms with van der Waals surface area (Å²) in [6.45, 7) is 2.66. The van der Waals surface area contributed by atoms with Gasteiger partial charge in [-0.1, -0.05) is 0 Å². The first-order chi connectivity index (χ1) is 9.54. The van der Waals surface area contributed by atoms with Gasteiger partial charge in [-0.3, -0.25) is 4.79 Å². The van der Waals surface area contributed by atoms with Crippen LogP contribution in [0.4, 0.5) is 8.78 Å². The first-order valence-corrected chi connectivity index (χ1v) is 6.96. The van der Waals surface area contributed by atoms with Gasteiger partial charge in [0.2, 0.25) is 5.91 Å². The molecule has 3 nitrogen and oxygen atoms in total. The van der Waals surface area contributed by atoms with Crippen LogP contribution in [0.3, 0.4) is 0 Å². The van der Waals surface area contributed by atoms with Crippen LogP contribution in [0.15, 0.2) is 18.2 Å². The molecule has 20 heavy (non-hydrogen) atoms. The zero-order chi connectivity index (χ0) is 14.5. The number of carbonyl (C=O) groups excluding carboxylic acids is 1. The largest absolute Gasteiger partial charge is 0.341 e. The van der Waals surface area contributed by atoms with Gasteiger partial charge < -0.3 is 9.80 Å². The average molecular weight is 282 g/mol. The van der Waals surface area contributed by atoms with Crippen LogP contribution in [0, 0.1) is 11.6 Å². The molecule has 0 aromatic heterocycles. The fourth-order valence-corrected chi connectivity index (χ4v) is 2.48. The number of benzene rings is 1. The normalized spacial score (nSPS) is 16.0. The van der Waals surface area contributed by atoms with Gasteiger partial charge in [-0.25, -0.2) is 8.78 Å². The summed E-state index contributed by atoms with van der Waals surface area (Å²) in [5.74, 6) is -0.902. The molecule has 1 fully saturated rings. The van der Waals surface area contributed by atoms with Crippen molar-refractivity contribution >= 4 is 5.91 Å². The lowest BCUT2D eigenvalue weighted by Gasteiger charge is -2.28. The molecule has 1 saturated heterocycles. The summed E-state index contributed by atoms with van der Waals surface area (Å²) in [5.41, 5.74) is 0.606. The standard InChI is InChI=1S/C15H20F2N2O/c1-18(6-7-19-5-3-2-4-15(19)20)11-12-8-13(16)10-14(17)9-12/h8-10H,2-7,11H2,1H3. The van der Waals surface area contributed by atoms with E-state index in [0.717, 1.165) is 25.5 Å². The third-order valence-corrected chi connectivity index (χ3v) is 3.55. The summed E-state index contributed by atoms with van der Waals surface area (Å²) in [5, 5.41) is 0. The molecule has 2 rings (SSSR count). The molecule has 1 aliphatic heterocycles. The van der Waals surface area contributed by atoms with Gasteiger partial charge in [0.15, 0.2) is 0 Å². The van der Waals surface area contributed by atoms with Gasteiger partial charge in [0.05, 0.1) is 0 Å². The van der Waals surface area contributed by atoms with E-state index < -0.39 is 11.6 Å². The summed E-state index contributed by atoms with van der Waals surface area (Å²) in [6, 6.07) is 3.55. The maximum atomic E-state index is 13.1. The van der Waals surface area contributed by atoms with Crippen molar-refractivity contribution in [2.45, 2.75) is 25.8 Å². The predicted molar refractivity (Wildman–Crippen MR) is 73.1 cm³/mol. The number of carbonyl (C=O) groups is 1. The lowest BCUT2D eigenvalue weighted by molar-refractivity contribution is -0.133. The van der Waals surface area contributed by atoms with Crippen LogP contribution in [0.2, 0.25) is 0 Å². The number of likely N-dealkylation sites (N-methyl/N-ethyl adjacent to an activating group) is 1. The lowest BCUT2D eigenvalue weighted by atomic mass is 10.1. The quantitative estimate of drug-likeness (QED) is 0.828. The molecule has 0 unspecified atom stereocenters. The molecule has 1 aromatic carbocycles. The number of rotatable bonds is 5. The molecule has 0 N–H and O–H groups in total. The van der Waals surface area contributed by atoms with Gasteiger partial charge in [0.1, 0.15) is 11.6 Å². The van der Waals surface area contributed by atoms with Gasteiger partial charge in [0, 0.05) is 38.7 Å². The van der Waals surface area contributed by atoms with Gasteiger partial charge in [-0.2, -0.15) is 0 Å². The Morgan fingerprint density at radius 3 is 2.55 bits per heavy atom. The molecule has 1 heterocycles. The molecule has 110 valence electrons. The highest BCUT2D eigenvalue weighted by Gasteiger charge is 2.17. The lowest BCUT2D eigenvalue weighted by Crippen LogP contribution is -2.40. The molecule has 5 heteroatoms. The van der Waals surface area contributed by atoms with Crippen molar-refractivity contribution in [1.29, 1.82) is 0 Å². The molecular formula is C15H20F2N2O. The highest BCUT2D eigenvalue weighted by Crippen LogP contribution is 2.12. The van der Waals surface area contributed by atoms with Crippen molar-refractivity contribution in [2.24, 2.45) is 0 Å². The second-order valence-corrected chi connectivity index (χ2v) is 5.35. The van der Waals surface area contributed by atoms with Gasteiger partial charge in [-0.15, -0.1) is 0 Å². The average Bonchev–Trinajstić information content (AvgIpc) is 2.36. The van der Waals surface area contributed by atoms with E-state index >= 15 is 0 Å². The van der Waals surface area contributed by atoms with Crippen LogP contribution in [-0.4, -0.2) is 42.4 Å². The number of likely N-dealkylation sites (tertiary alicyclic amines) is 1. The molecule has 0 radical (unpaired) electrons. The highest BCUT2D eigenvalue weighted by atomic mass is 19.1. The van der Waals surface area contributed by atoms with Crippen molar-refractivity contribution in [1.82, 2.24) is 9.80 Å². The number of halogens is 2. The van der Waals surface area contributed by atoms with E-state index in [9.17, 15) is 13.6 Å². The topological polar surface area (TPSA) is 23.6 Å². The Kier molecular flexibility index (Phi) is 5.06. The Bertz CT molecular complexity index is 459. The number of nitrogens with zero attached hydrogens (tertiary/aromatic N) is 2. The Balaban J connectivity index is 1.82. The van der Waals surface area contributed by atoms with Crippen molar-refractivity contribution in [3.63, 3.8) is 0 Å². The minimum atomic E-state index is -0.556. The Labute approximate surface area is 118 Å². The van der Waals surface area contributed by atoms with E-state index in [1.807, 2.05) is 16.8 Å². The molecule has 0 saturated carbocycles. The van der Waals surface area contributed by atoms with E-state index in [1.54, 1.807) is 0 Å². The summed E-state index contributed by atoms with van der Waals surface area (Å²) in [6.07, 6.45) is 2.68. The molecule has 0 aliphatic carbocycles. The third kappa shape index (κ3) is 4.27. The second kappa shape index (κ2) is 6.79. The molecular weight excluding hydrogens is 262 g/mol. The monoisotopic (exact) mass is 282 g/mol. The van der Waals surface area contributed by atoms with Crippen LogP contribution in [-0.2, 0) is 11.3 Å². The Hall–Kier alpha value is -1.49. The van der Waals surface area contributed by atoms with Crippen LogP contribution in [0.1, 0.15) is 24.8 Å². The Morgan fingerprint density at radius 2 is 1.90 bits per heavy atom. The first-order valence-electron chi connectivity index (χ1n) is 6.96. The van der Waals surface area contributed by atoms with E-state index in [4.69, 9.17) is 0 Å². The Morgan fingerprint density at radius 1 is 1.20 bits per heavy atom. The predicted octanol–water partition coefficient (Wildman–Crippen LogP) is 2.41. The van der Waals surface area contributed by atoms with Gasteiger partial charge in [-0.05, 0) is 37.6 Å². The van der Waals surface area contributed by atoms with Crippen LogP contribution >= 0.6 is 0 Å². The van der Waals surface area contributed by atoms with Crippen LogP contribution < -0.4 is 0 Å². The number of amides is 1. The van der Waals surface area contributed by atoms with Crippen LogP contribution in [0.5, 0.6) is 0 Å². The zero-order valence-corrected chi connectivity index (χ0v) is 11.7. The third-order valence-electron chi connectivity index (χ3n) is 3.55. The maximum absolute atomic E-state index is 13.1. The minimum absolute atomic E-state index is 0.210. The highest BCUT2D eigenvalue weighted by molar-refractivity contribution is 5.76. The molecule has 0 bridgehead atoms. The molecule has 0 spiro atoms. The molecule has 1 amide bonds. The van der Waals surface area contributed by atoms with E-state index in [1.165, 1.54) is 12.1 Å². The minimum Gasteiger partial charge on any atom is -0.341 e. The number of hydrogen-bond acceptors (Lipinski definition) is 2. The van der Waals surface area contributed by atoms with Crippen molar-refractivity contribution in [3.05, 3.63) is 35.4 Å². The van der Waals surface area contributed by atoms with Gasteiger partial charge in [0.25, 0.3) is 0 Å². The smallest absolute Gasteiger partial charge is 0.222 e. The summed E-state index contributed by atoms with van der Waals surface area (Å²) in [4.78, 5) is 15.5.